The van der Waals surface area contributed by atoms with Crippen molar-refractivity contribution in [2.24, 2.45) is 12.0 Å². The van der Waals surface area contributed by atoms with Gasteiger partial charge in [0.25, 0.3) is 0 Å². The minimum absolute atomic E-state index is 0.0868. The third-order valence-electron chi connectivity index (χ3n) is 5.62. The normalized spacial score (nSPS) is 19.4. The van der Waals surface area contributed by atoms with E-state index in [2.05, 4.69) is 20.3 Å². The Hall–Kier alpha value is -2.09. The minimum atomic E-state index is 0.0868. The lowest BCUT2D eigenvalue weighted by molar-refractivity contribution is -0.120. The summed E-state index contributed by atoms with van der Waals surface area (Å²) in [5.41, 5.74) is 0.865. The lowest BCUT2D eigenvalue weighted by Gasteiger charge is -2.35. The number of aliphatic imine (C=N–C) groups is 1. The molecule has 2 aliphatic rings. The molecule has 1 amide bonds. The van der Waals surface area contributed by atoms with E-state index in [1.54, 1.807) is 22.8 Å². The predicted octanol–water partition coefficient (Wildman–Crippen LogP) is 1.30. The van der Waals surface area contributed by atoms with E-state index in [1.165, 1.54) is 51.7 Å². The highest BCUT2D eigenvalue weighted by Gasteiger charge is 2.27. The van der Waals surface area contributed by atoms with Crippen molar-refractivity contribution >= 4 is 17.6 Å². The standard InChI is InChI=1S/C20H35N7O/c1-21-20(22-9-5-3-6-10-25-11-7-4-8-12-25)26-13-14-27(19(28)17-26)18-15-23-24(2)16-18/h15-16H,3-14,17H2,1-2H3,(H,21,22). The number of guanidine groups is 1. The zero-order valence-corrected chi connectivity index (χ0v) is 17.4. The maximum absolute atomic E-state index is 12.6. The molecule has 1 aromatic heterocycles. The van der Waals surface area contributed by atoms with Crippen molar-refractivity contribution in [1.29, 1.82) is 0 Å². The molecular formula is C20H35N7O. The van der Waals surface area contributed by atoms with Gasteiger partial charge >= 0.3 is 0 Å². The number of aromatic nitrogens is 2. The first-order valence-corrected chi connectivity index (χ1v) is 10.6. The average molecular weight is 390 g/mol. The number of hydrogen-bond donors (Lipinski definition) is 1. The van der Waals surface area contributed by atoms with Crippen LogP contribution in [0.1, 0.15) is 38.5 Å². The second kappa shape index (κ2) is 10.5. The third-order valence-corrected chi connectivity index (χ3v) is 5.62. The van der Waals surface area contributed by atoms with Crippen molar-refractivity contribution in [3.05, 3.63) is 12.4 Å². The number of carbonyl (C=O) groups excluding carboxylic acids is 1. The summed E-state index contributed by atoms with van der Waals surface area (Å²) in [5.74, 6) is 0.916. The molecule has 0 aliphatic carbocycles. The van der Waals surface area contributed by atoms with Gasteiger partial charge in [-0.1, -0.05) is 12.8 Å². The number of likely N-dealkylation sites (tertiary alicyclic amines) is 1. The van der Waals surface area contributed by atoms with E-state index >= 15 is 0 Å². The quantitative estimate of drug-likeness (QED) is 0.432. The Bertz CT molecular complexity index is 651. The van der Waals surface area contributed by atoms with Gasteiger partial charge in [0.2, 0.25) is 5.91 Å². The van der Waals surface area contributed by atoms with Crippen LogP contribution in [-0.4, -0.2) is 84.3 Å². The zero-order valence-electron chi connectivity index (χ0n) is 17.4. The van der Waals surface area contributed by atoms with Crippen LogP contribution in [0.2, 0.25) is 0 Å². The molecule has 0 bridgehead atoms. The molecular weight excluding hydrogens is 354 g/mol. The number of piperidine rings is 1. The van der Waals surface area contributed by atoms with Gasteiger partial charge in [-0.15, -0.1) is 0 Å². The number of anilines is 1. The molecule has 0 spiro atoms. The molecule has 2 fully saturated rings. The molecule has 3 heterocycles. The Morgan fingerprint density at radius 1 is 1.14 bits per heavy atom. The molecule has 0 atom stereocenters. The van der Waals surface area contributed by atoms with E-state index in [0.717, 1.165) is 31.2 Å². The molecule has 8 nitrogen and oxygen atoms in total. The number of hydrogen-bond acceptors (Lipinski definition) is 4. The maximum atomic E-state index is 12.6. The van der Waals surface area contributed by atoms with Gasteiger partial charge in [0.05, 0.1) is 11.9 Å². The van der Waals surface area contributed by atoms with Crippen LogP contribution in [0.15, 0.2) is 17.4 Å². The number of nitrogens with zero attached hydrogens (tertiary/aromatic N) is 6. The fourth-order valence-corrected chi connectivity index (χ4v) is 4.03. The van der Waals surface area contributed by atoms with Crippen molar-refractivity contribution < 1.29 is 4.79 Å². The van der Waals surface area contributed by atoms with Crippen LogP contribution in [0.4, 0.5) is 5.69 Å². The largest absolute Gasteiger partial charge is 0.356 e. The van der Waals surface area contributed by atoms with E-state index < -0.39 is 0 Å². The molecule has 0 radical (unpaired) electrons. The summed E-state index contributed by atoms with van der Waals surface area (Å²) in [4.78, 5) is 23.4. The van der Waals surface area contributed by atoms with Crippen LogP contribution in [0.5, 0.6) is 0 Å². The molecule has 1 aromatic rings. The SMILES string of the molecule is CN=C(NCCCCCN1CCCCC1)N1CCN(c2cnn(C)c2)C(=O)C1. The maximum Gasteiger partial charge on any atom is 0.246 e. The molecule has 8 heteroatoms. The first-order chi connectivity index (χ1) is 13.7. The summed E-state index contributed by atoms with van der Waals surface area (Å²) >= 11 is 0. The lowest BCUT2D eigenvalue weighted by atomic mass is 10.1. The molecule has 2 aliphatic heterocycles. The topological polar surface area (TPSA) is 69.0 Å². The Morgan fingerprint density at radius 2 is 1.96 bits per heavy atom. The number of nitrogens with one attached hydrogen (secondary N) is 1. The zero-order chi connectivity index (χ0) is 19.8. The highest BCUT2D eigenvalue weighted by atomic mass is 16.2. The van der Waals surface area contributed by atoms with Crippen LogP contribution >= 0.6 is 0 Å². The highest BCUT2D eigenvalue weighted by molar-refractivity contribution is 5.98. The molecule has 0 saturated carbocycles. The summed E-state index contributed by atoms with van der Waals surface area (Å²) in [5, 5.41) is 7.59. The molecule has 28 heavy (non-hydrogen) atoms. The van der Waals surface area contributed by atoms with Crippen LogP contribution in [0.3, 0.4) is 0 Å². The van der Waals surface area contributed by atoms with E-state index in [0.29, 0.717) is 13.1 Å². The van der Waals surface area contributed by atoms with Gasteiger partial charge in [0.1, 0.15) is 6.54 Å². The van der Waals surface area contributed by atoms with Crippen molar-refractivity contribution in [1.82, 2.24) is 24.9 Å². The van der Waals surface area contributed by atoms with E-state index in [1.807, 2.05) is 18.1 Å². The number of amides is 1. The highest BCUT2D eigenvalue weighted by Crippen LogP contribution is 2.16. The Kier molecular flexibility index (Phi) is 7.71. The van der Waals surface area contributed by atoms with Crippen molar-refractivity contribution in [2.45, 2.75) is 38.5 Å². The fraction of sp³-hybridized carbons (Fsp3) is 0.750. The number of unbranched alkanes of at least 4 members (excludes halogenated alkanes) is 2. The fourth-order valence-electron chi connectivity index (χ4n) is 4.03. The third kappa shape index (κ3) is 5.70. The van der Waals surface area contributed by atoms with Crippen molar-refractivity contribution in [3.63, 3.8) is 0 Å². The second-order valence-corrected chi connectivity index (χ2v) is 7.78. The molecule has 3 rings (SSSR count). The first kappa shape index (κ1) is 20.6. The Morgan fingerprint density at radius 3 is 2.64 bits per heavy atom. The van der Waals surface area contributed by atoms with Gasteiger partial charge in [-0.3, -0.25) is 14.5 Å². The van der Waals surface area contributed by atoms with E-state index in [-0.39, 0.29) is 5.91 Å². The van der Waals surface area contributed by atoms with E-state index in [9.17, 15) is 4.79 Å². The first-order valence-electron chi connectivity index (χ1n) is 10.6. The lowest BCUT2D eigenvalue weighted by Crippen LogP contribution is -2.55. The monoisotopic (exact) mass is 389 g/mol. The number of piperazine rings is 1. The molecule has 156 valence electrons. The Labute approximate surface area is 168 Å². The van der Waals surface area contributed by atoms with Crippen LogP contribution in [0.25, 0.3) is 0 Å². The van der Waals surface area contributed by atoms with Crippen LogP contribution in [-0.2, 0) is 11.8 Å². The number of aryl methyl sites for hydroxylation is 1. The predicted molar refractivity (Wildman–Crippen MR) is 113 cm³/mol. The van der Waals surface area contributed by atoms with Gasteiger partial charge in [0.15, 0.2) is 5.96 Å². The summed E-state index contributed by atoms with van der Waals surface area (Å²) in [6.45, 7) is 6.48. The van der Waals surface area contributed by atoms with Gasteiger partial charge in [0, 0.05) is 39.9 Å². The second-order valence-electron chi connectivity index (χ2n) is 7.78. The average Bonchev–Trinajstić information content (AvgIpc) is 3.14. The number of carbonyl (C=O) groups is 1. The summed E-state index contributed by atoms with van der Waals surface area (Å²) < 4.78 is 1.72. The number of rotatable bonds is 7. The summed E-state index contributed by atoms with van der Waals surface area (Å²) in [6, 6.07) is 0. The van der Waals surface area contributed by atoms with Crippen molar-refractivity contribution in [2.75, 3.05) is 57.8 Å². The minimum Gasteiger partial charge on any atom is -0.356 e. The van der Waals surface area contributed by atoms with Gasteiger partial charge in [-0.2, -0.15) is 5.10 Å². The molecule has 1 N–H and O–H groups in total. The summed E-state index contributed by atoms with van der Waals surface area (Å²) in [6.07, 6.45) is 11.4. The van der Waals surface area contributed by atoms with Crippen molar-refractivity contribution in [3.8, 4) is 0 Å². The summed E-state index contributed by atoms with van der Waals surface area (Å²) in [7, 11) is 3.65. The smallest absolute Gasteiger partial charge is 0.246 e. The van der Waals surface area contributed by atoms with Gasteiger partial charge in [-0.25, -0.2) is 0 Å². The van der Waals surface area contributed by atoms with Crippen LogP contribution < -0.4 is 10.2 Å². The van der Waals surface area contributed by atoms with E-state index in [4.69, 9.17) is 0 Å². The van der Waals surface area contributed by atoms with Gasteiger partial charge < -0.3 is 20.0 Å². The molecule has 0 unspecified atom stereocenters. The van der Waals surface area contributed by atoms with Gasteiger partial charge in [-0.05, 0) is 45.3 Å². The van der Waals surface area contributed by atoms with Crippen LogP contribution in [0, 0.1) is 0 Å². The molecule has 2 saturated heterocycles. The molecule has 0 aromatic carbocycles. The Balaban J connectivity index is 1.34.